The quantitative estimate of drug-likeness (QED) is 0.742. The lowest BCUT2D eigenvalue weighted by molar-refractivity contribution is 0.240. The summed E-state index contributed by atoms with van der Waals surface area (Å²) in [5, 5.41) is 9.48. The maximum Gasteiger partial charge on any atom is 0.315 e. The Labute approximate surface area is 83.5 Å². The van der Waals surface area contributed by atoms with Crippen molar-refractivity contribution in [3.8, 4) is 0 Å². The molecule has 1 aromatic rings. The summed E-state index contributed by atoms with van der Waals surface area (Å²) >= 11 is 0. The minimum absolute atomic E-state index is 0.129. The van der Waals surface area contributed by atoms with Gasteiger partial charge >= 0.3 is 6.03 Å². The van der Waals surface area contributed by atoms with E-state index in [0.717, 1.165) is 12.0 Å². The molecule has 0 fully saturated rings. The molecular formula is C9H16N4O. The van der Waals surface area contributed by atoms with Crippen LogP contribution in [0.2, 0.25) is 0 Å². The van der Waals surface area contributed by atoms with Crippen molar-refractivity contribution in [2.24, 2.45) is 7.05 Å². The molecule has 0 aliphatic heterocycles. The molecule has 1 aromatic heterocycles. The molecule has 78 valence electrons. The van der Waals surface area contributed by atoms with Crippen molar-refractivity contribution in [1.29, 1.82) is 0 Å². The van der Waals surface area contributed by atoms with Crippen LogP contribution < -0.4 is 10.6 Å². The highest BCUT2D eigenvalue weighted by molar-refractivity contribution is 5.73. The van der Waals surface area contributed by atoms with Crippen LogP contribution in [0.15, 0.2) is 12.4 Å². The van der Waals surface area contributed by atoms with Gasteiger partial charge in [0.1, 0.15) is 0 Å². The molecule has 0 spiro atoms. The first-order chi connectivity index (χ1) is 6.72. The number of nitrogens with zero attached hydrogens (tertiary/aromatic N) is 2. The second-order valence-corrected chi connectivity index (χ2v) is 3.13. The fraction of sp³-hybridized carbons (Fsp3) is 0.556. The van der Waals surface area contributed by atoms with Gasteiger partial charge in [0.2, 0.25) is 0 Å². The summed E-state index contributed by atoms with van der Waals surface area (Å²) in [4.78, 5) is 11.1. The molecule has 5 nitrogen and oxygen atoms in total. The van der Waals surface area contributed by atoms with Gasteiger partial charge in [-0.25, -0.2) is 4.79 Å². The predicted molar refractivity (Wildman–Crippen MR) is 53.7 cm³/mol. The molecule has 1 heterocycles. The Balaban J connectivity index is 2.23. The first kappa shape index (κ1) is 10.6. The number of carbonyl (C=O) groups is 1. The zero-order valence-electron chi connectivity index (χ0n) is 8.58. The first-order valence-corrected chi connectivity index (χ1v) is 4.71. The van der Waals surface area contributed by atoms with Gasteiger partial charge in [-0.15, -0.1) is 0 Å². The third-order valence-corrected chi connectivity index (χ3v) is 1.75. The number of carbonyl (C=O) groups excluding carboxylic acids is 1. The second kappa shape index (κ2) is 5.26. The smallest absolute Gasteiger partial charge is 0.315 e. The summed E-state index contributed by atoms with van der Waals surface area (Å²) in [6.07, 6.45) is 4.56. The van der Waals surface area contributed by atoms with Crippen molar-refractivity contribution in [1.82, 2.24) is 20.4 Å². The van der Waals surface area contributed by atoms with E-state index < -0.39 is 0 Å². The number of aryl methyl sites for hydroxylation is 1. The van der Waals surface area contributed by atoms with Gasteiger partial charge in [-0.3, -0.25) is 4.68 Å². The van der Waals surface area contributed by atoms with E-state index in [1.54, 1.807) is 10.9 Å². The minimum Gasteiger partial charge on any atom is -0.338 e. The van der Waals surface area contributed by atoms with Crippen LogP contribution in [-0.4, -0.2) is 22.4 Å². The molecule has 0 unspecified atom stereocenters. The molecular weight excluding hydrogens is 180 g/mol. The number of hydrogen-bond acceptors (Lipinski definition) is 2. The summed E-state index contributed by atoms with van der Waals surface area (Å²) in [7, 11) is 1.85. The number of urea groups is 1. The third-order valence-electron chi connectivity index (χ3n) is 1.75. The molecule has 1 rings (SSSR count). The number of amides is 2. The van der Waals surface area contributed by atoms with E-state index in [1.807, 2.05) is 20.2 Å². The zero-order valence-corrected chi connectivity index (χ0v) is 8.58. The van der Waals surface area contributed by atoms with Crippen molar-refractivity contribution in [3.05, 3.63) is 18.0 Å². The van der Waals surface area contributed by atoms with Crippen LogP contribution in [0.4, 0.5) is 4.79 Å². The van der Waals surface area contributed by atoms with E-state index in [1.165, 1.54) is 0 Å². The van der Waals surface area contributed by atoms with Gasteiger partial charge in [0.25, 0.3) is 0 Å². The largest absolute Gasteiger partial charge is 0.338 e. The fourth-order valence-corrected chi connectivity index (χ4v) is 1.05. The number of aromatic nitrogens is 2. The van der Waals surface area contributed by atoms with Gasteiger partial charge in [0.05, 0.1) is 6.20 Å². The van der Waals surface area contributed by atoms with Crippen molar-refractivity contribution in [3.63, 3.8) is 0 Å². The average molecular weight is 196 g/mol. The van der Waals surface area contributed by atoms with Crippen LogP contribution in [0.3, 0.4) is 0 Å². The van der Waals surface area contributed by atoms with Crippen molar-refractivity contribution in [2.45, 2.75) is 19.9 Å². The maximum atomic E-state index is 11.1. The van der Waals surface area contributed by atoms with Gasteiger partial charge in [0.15, 0.2) is 0 Å². The molecule has 0 saturated carbocycles. The number of rotatable bonds is 4. The molecule has 2 N–H and O–H groups in total. The fourth-order valence-electron chi connectivity index (χ4n) is 1.05. The van der Waals surface area contributed by atoms with Crippen LogP contribution in [-0.2, 0) is 13.6 Å². The Morgan fingerprint density at radius 1 is 1.57 bits per heavy atom. The summed E-state index contributed by atoms with van der Waals surface area (Å²) < 4.78 is 1.71. The van der Waals surface area contributed by atoms with Gasteiger partial charge in [-0.1, -0.05) is 6.92 Å². The normalized spacial score (nSPS) is 9.86. The number of hydrogen-bond donors (Lipinski definition) is 2. The molecule has 5 heteroatoms. The summed E-state index contributed by atoms with van der Waals surface area (Å²) in [5.74, 6) is 0. The van der Waals surface area contributed by atoms with Crippen molar-refractivity contribution < 1.29 is 4.79 Å². The van der Waals surface area contributed by atoms with Crippen LogP contribution >= 0.6 is 0 Å². The molecule has 0 aromatic carbocycles. The second-order valence-electron chi connectivity index (χ2n) is 3.13. The van der Waals surface area contributed by atoms with Gasteiger partial charge in [-0.2, -0.15) is 5.10 Å². The highest BCUT2D eigenvalue weighted by Crippen LogP contribution is 1.94. The van der Waals surface area contributed by atoms with Gasteiger partial charge in [-0.05, 0) is 6.42 Å². The Kier molecular flexibility index (Phi) is 3.97. The molecule has 14 heavy (non-hydrogen) atoms. The SMILES string of the molecule is CCCNC(=O)NCc1cnn(C)c1. The van der Waals surface area contributed by atoms with Crippen LogP contribution in [0.5, 0.6) is 0 Å². The zero-order chi connectivity index (χ0) is 10.4. The molecule has 0 aliphatic carbocycles. The van der Waals surface area contributed by atoms with E-state index in [0.29, 0.717) is 13.1 Å². The lowest BCUT2D eigenvalue weighted by Gasteiger charge is -2.04. The van der Waals surface area contributed by atoms with Crippen molar-refractivity contribution in [2.75, 3.05) is 6.54 Å². The molecule has 0 radical (unpaired) electrons. The minimum atomic E-state index is -0.129. The molecule has 0 atom stereocenters. The van der Waals surface area contributed by atoms with E-state index in [-0.39, 0.29) is 6.03 Å². The van der Waals surface area contributed by atoms with Gasteiger partial charge < -0.3 is 10.6 Å². The molecule has 2 amide bonds. The molecule has 0 bridgehead atoms. The monoisotopic (exact) mass is 196 g/mol. The van der Waals surface area contributed by atoms with Crippen molar-refractivity contribution >= 4 is 6.03 Å². The standard InChI is InChI=1S/C9H16N4O/c1-3-4-10-9(14)11-5-8-6-12-13(2)7-8/h6-7H,3-5H2,1-2H3,(H2,10,11,14). The van der Waals surface area contributed by atoms with E-state index in [4.69, 9.17) is 0 Å². The Morgan fingerprint density at radius 3 is 2.93 bits per heavy atom. The summed E-state index contributed by atoms with van der Waals surface area (Å²) in [6, 6.07) is -0.129. The van der Waals surface area contributed by atoms with E-state index >= 15 is 0 Å². The Morgan fingerprint density at radius 2 is 2.36 bits per heavy atom. The van der Waals surface area contributed by atoms with E-state index in [2.05, 4.69) is 15.7 Å². The first-order valence-electron chi connectivity index (χ1n) is 4.71. The highest BCUT2D eigenvalue weighted by Gasteiger charge is 1.99. The van der Waals surface area contributed by atoms with Crippen LogP contribution in [0.1, 0.15) is 18.9 Å². The highest BCUT2D eigenvalue weighted by atomic mass is 16.2. The van der Waals surface area contributed by atoms with Crippen LogP contribution in [0, 0.1) is 0 Å². The van der Waals surface area contributed by atoms with Gasteiger partial charge in [0, 0.05) is 31.9 Å². The van der Waals surface area contributed by atoms with E-state index in [9.17, 15) is 4.79 Å². The third kappa shape index (κ3) is 3.47. The number of nitrogens with one attached hydrogen (secondary N) is 2. The lowest BCUT2D eigenvalue weighted by Crippen LogP contribution is -2.35. The molecule has 0 aliphatic rings. The summed E-state index contributed by atoms with van der Waals surface area (Å²) in [5.41, 5.74) is 0.999. The predicted octanol–water partition coefficient (Wildman–Crippen LogP) is 0.629. The van der Waals surface area contributed by atoms with Crippen LogP contribution in [0.25, 0.3) is 0 Å². The summed E-state index contributed by atoms with van der Waals surface area (Å²) in [6.45, 7) is 3.24. The lowest BCUT2D eigenvalue weighted by atomic mass is 10.4. The molecule has 0 saturated heterocycles. The Hall–Kier alpha value is -1.52. The Bertz CT molecular complexity index is 295. The topological polar surface area (TPSA) is 59.0 Å². The average Bonchev–Trinajstić information content (AvgIpc) is 2.58. The maximum absolute atomic E-state index is 11.1.